The van der Waals surface area contributed by atoms with Crippen molar-refractivity contribution in [3.63, 3.8) is 0 Å². The number of carbonyl (C=O) groups excluding carboxylic acids is 1. The van der Waals surface area contributed by atoms with Gasteiger partial charge in [-0.05, 0) is 76.2 Å². The molecule has 3 aliphatic rings. The van der Waals surface area contributed by atoms with E-state index in [2.05, 4.69) is 0 Å². The maximum Gasteiger partial charge on any atom is 0.303 e. The molecule has 0 atom stereocenters. The lowest BCUT2D eigenvalue weighted by atomic mass is 9.93. The normalized spacial score (nSPS) is 23.0. The first kappa shape index (κ1) is 29.1. The van der Waals surface area contributed by atoms with Crippen molar-refractivity contribution in [2.75, 3.05) is 19.7 Å². The number of rotatable bonds is 13. The van der Waals surface area contributed by atoms with Gasteiger partial charge in [0.2, 0.25) is 0 Å². The summed E-state index contributed by atoms with van der Waals surface area (Å²) in [5.74, 6) is -4.18. The molecule has 1 amide bonds. The van der Waals surface area contributed by atoms with Crippen molar-refractivity contribution in [1.82, 2.24) is 4.90 Å². The lowest BCUT2D eigenvalue weighted by Crippen LogP contribution is -2.31. The number of carboxylic acid groups (broad SMARTS) is 2. The van der Waals surface area contributed by atoms with Gasteiger partial charge in [0.15, 0.2) is 0 Å². The van der Waals surface area contributed by atoms with E-state index >= 15 is 0 Å². The maximum atomic E-state index is 13.9. The van der Waals surface area contributed by atoms with Crippen LogP contribution in [0.1, 0.15) is 60.0 Å². The number of likely N-dealkylation sites (tertiary alicyclic amines) is 1. The molecule has 1 saturated heterocycles. The van der Waals surface area contributed by atoms with Crippen LogP contribution >= 0.6 is 11.3 Å². The standard InChI is InChI=1S/C32H31F2NO7S/c33-32(34)9-10-35(19-32)29(40)22-13-21(20-8-12-43-16-20)14-23(15-22)42-31-17-30(31,18-31)25-3-1-4-26(24(25)6-7-28(38)39)41-11-2-5-27(36)37/h1,3-4,8,12-16H,2,5-7,9-11,17-19H2,(H,36,37)(H,38,39). The molecule has 0 unspecified atom stereocenters. The Balaban J connectivity index is 1.26. The van der Waals surface area contributed by atoms with Crippen LogP contribution in [0.2, 0.25) is 0 Å². The van der Waals surface area contributed by atoms with Crippen LogP contribution in [-0.4, -0.2) is 64.2 Å². The Hall–Kier alpha value is -3.99. The fourth-order valence-corrected chi connectivity index (χ4v) is 6.84. The zero-order chi connectivity index (χ0) is 30.4. The topological polar surface area (TPSA) is 113 Å². The molecule has 6 rings (SSSR count). The smallest absolute Gasteiger partial charge is 0.303 e. The van der Waals surface area contributed by atoms with Gasteiger partial charge in [-0.15, -0.1) is 0 Å². The number of halogens is 2. The average Bonchev–Trinajstić information content (AvgIpc) is 3.49. The first-order valence-electron chi connectivity index (χ1n) is 14.2. The van der Waals surface area contributed by atoms with Gasteiger partial charge in [0.1, 0.15) is 17.1 Å². The van der Waals surface area contributed by atoms with E-state index in [4.69, 9.17) is 14.6 Å². The van der Waals surface area contributed by atoms with Gasteiger partial charge in [-0.2, -0.15) is 11.3 Å². The van der Waals surface area contributed by atoms with Gasteiger partial charge >= 0.3 is 11.9 Å². The van der Waals surface area contributed by atoms with Crippen LogP contribution in [-0.2, 0) is 21.4 Å². The molecule has 2 aromatic carbocycles. The van der Waals surface area contributed by atoms with Crippen molar-refractivity contribution < 1.29 is 42.9 Å². The predicted molar refractivity (Wildman–Crippen MR) is 154 cm³/mol. The highest BCUT2D eigenvalue weighted by Crippen LogP contribution is 2.81. The lowest BCUT2D eigenvalue weighted by Gasteiger charge is -2.18. The number of alkyl halides is 2. The number of carbonyl (C=O) groups is 3. The van der Waals surface area contributed by atoms with Gasteiger partial charge < -0.3 is 24.6 Å². The Morgan fingerprint density at radius 3 is 2.47 bits per heavy atom. The highest BCUT2D eigenvalue weighted by Gasteiger charge is 2.87. The van der Waals surface area contributed by atoms with Crippen molar-refractivity contribution in [1.29, 1.82) is 0 Å². The Bertz CT molecular complexity index is 1570. The quantitative estimate of drug-likeness (QED) is 0.227. The summed E-state index contributed by atoms with van der Waals surface area (Å²) in [5, 5.41) is 22.2. The van der Waals surface area contributed by atoms with Gasteiger partial charge in [-0.1, -0.05) is 12.1 Å². The van der Waals surface area contributed by atoms with Crippen molar-refractivity contribution in [3.05, 3.63) is 69.9 Å². The van der Waals surface area contributed by atoms with Crippen molar-refractivity contribution >= 4 is 29.2 Å². The van der Waals surface area contributed by atoms with Gasteiger partial charge in [0.25, 0.3) is 11.8 Å². The highest BCUT2D eigenvalue weighted by molar-refractivity contribution is 7.08. The van der Waals surface area contributed by atoms with Crippen LogP contribution in [0.25, 0.3) is 11.1 Å². The monoisotopic (exact) mass is 611 g/mol. The Kier molecular flexibility index (Phi) is 7.40. The molecule has 2 aliphatic carbocycles. The van der Waals surface area contributed by atoms with E-state index in [-0.39, 0.29) is 44.2 Å². The third-order valence-electron chi connectivity index (χ3n) is 8.60. The number of aliphatic carboxylic acids is 2. The van der Waals surface area contributed by atoms with E-state index in [0.29, 0.717) is 36.3 Å². The number of hydrogen-bond acceptors (Lipinski definition) is 6. The summed E-state index contributed by atoms with van der Waals surface area (Å²) in [6.07, 6.45) is 1.51. The largest absolute Gasteiger partial charge is 0.493 e. The fraction of sp³-hybridized carbons (Fsp3) is 0.406. The number of fused-ring (bicyclic) bond motifs is 1. The Morgan fingerprint density at radius 1 is 1.00 bits per heavy atom. The fourth-order valence-electron chi connectivity index (χ4n) is 6.18. The summed E-state index contributed by atoms with van der Waals surface area (Å²) in [5.41, 5.74) is 2.82. The van der Waals surface area contributed by atoms with Gasteiger partial charge in [-0.3, -0.25) is 14.4 Å². The van der Waals surface area contributed by atoms with Gasteiger partial charge in [-0.25, -0.2) is 8.78 Å². The van der Waals surface area contributed by atoms with Crippen LogP contribution < -0.4 is 9.47 Å². The summed E-state index contributed by atoms with van der Waals surface area (Å²) < 4.78 is 40.3. The van der Waals surface area contributed by atoms with Gasteiger partial charge in [0.05, 0.1) is 13.2 Å². The summed E-state index contributed by atoms with van der Waals surface area (Å²) in [7, 11) is 0. The third kappa shape index (κ3) is 5.82. The molecule has 0 radical (unpaired) electrons. The molecular weight excluding hydrogens is 580 g/mol. The minimum absolute atomic E-state index is 0.00834. The lowest BCUT2D eigenvalue weighted by molar-refractivity contribution is -0.138. The summed E-state index contributed by atoms with van der Waals surface area (Å²) in [6, 6.07) is 12.7. The van der Waals surface area contributed by atoms with E-state index in [1.807, 2.05) is 35.0 Å². The molecule has 1 aliphatic heterocycles. The second-order valence-electron chi connectivity index (χ2n) is 11.6. The first-order valence-corrected chi connectivity index (χ1v) is 15.2. The Labute approximate surface area is 250 Å². The molecule has 43 heavy (non-hydrogen) atoms. The summed E-state index contributed by atoms with van der Waals surface area (Å²) >= 11 is 1.51. The van der Waals surface area contributed by atoms with E-state index in [0.717, 1.165) is 22.3 Å². The third-order valence-corrected chi connectivity index (χ3v) is 9.29. The van der Waals surface area contributed by atoms with Crippen LogP contribution in [0.15, 0.2) is 53.2 Å². The maximum absolute atomic E-state index is 13.9. The van der Waals surface area contributed by atoms with E-state index in [9.17, 15) is 28.3 Å². The Morgan fingerprint density at radius 2 is 1.79 bits per heavy atom. The molecule has 2 saturated carbocycles. The molecule has 0 bridgehead atoms. The van der Waals surface area contributed by atoms with Crippen LogP contribution in [0, 0.1) is 0 Å². The summed E-state index contributed by atoms with van der Waals surface area (Å²) in [4.78, 5) is 36.8. The van der Waals surface area contributed by atoms with E-state index in [1.165, 1.54) is 16.2 Å². The summed E-state index contributed by atoms with van der Waals surface area (Å²) in [6.45, 7) is -0.420. The van der Waals surface area contributed by atoms with Crippen molar-refractivity contribution in [2.24, 2.45) is 0 Å². The number of benzene rings is 2. The molecule has 2 N–H and O–H groups in total. The number of ether oxygens (including phenoxy) is 2. The second-order valence-corrected chi connectivity index (χ2v) is 12.4. The van der Waals surface area contributed by atoms with Crippen molar-refractivity contribution in [2.45, 2.75) is 61.9 Å². The highest BCUT2D eigenvalue weighted by atomic mass is 32.1. The molecule has 2 heterocycles. The van der Waals surface area contributed by atoms with E-state index < -0.39 is 35.9 Å². The van der Waals surface area contributed by atoms with Crippen LogP contribution in [0.5, 0.6) is 11.5 Å². The van der Waals surface area contributed by atoms with E-state index in [1.54, 1.807) is 18.2 Å². The van der Waals surface area contributed by atoms with Crippen LogP contribution in [0.3, 0.4) is 0 Å². The van der Waals surface area contributed by atoms with Crippen molar-refractivity contribution in [3.8, 4) is 22.6 Å². The second kappa shape index (κ2) is 10.9. The minimum atomic E-state index is -2.90. The molecule has 11 heteroatoms. The average molecular weight is 612 g/mol. The molecule has 0 spiro atoms. The number of hydrogen-bond donors (Lipinski definition) is 2. The number of amides is 1. The molecule has 8 nitrogen and oxygen atoms in total. The molecule has 3 fully saturated rings. The number of carboxylic acids is 2. The first-order chi connectivity index (χ1) is 20.5. The number of thiophene rings is 1. The zero-order valence-electron chi connectivity index (χ0n) is 23.3. The molecular formula is C32H31F2NO7S. The molecule has 3 aromatic rings. The zero-order valence-corrected chi connectivity index (χ0v) is 24.1. The SMILES string of the molecule is O=C(O)CCCOc1cccc(C23CC2(Oc2cc(C(=O)N4CCC(F)(F)C4)cc(-c4ccsc4)c2)C3)c1CCC(=O)O. The van der Waals surface area contributed by atoms with Gasteiger partial charge in [0, 0.05) is 49.6 Å². The molecule has 1 aromatic heterocycles. The number of nitrogens with zero attached hydrogens (tertiary/aromatic N) is 1. The van der Waals surface area contributed by atoms with Crippen LogP contribution in [0.4, 0.5) is 8.78 Å². The predicted octanol–water partition coefficient (Wildman–Crippen LogP) is 6.02. The minimum Gasteiger partial charge on any atom is -0.493 e. The molecule has 226 valence electrons.